The lowest BCUT2D eigenvalue weighted by molar-refractivity contribution is 0.0828. The molecule has 7 rings (SSSR count). The Kier molecular flexibility index (Phi) is 7.22. The Labute approximate surface area is 254 Å². The molecule has 0 spiro atoms. The van der Waals surface area contributed by atoms with Crippen LogP contribution in [0.15, 0.2) is 52.4 Å². The number of nitrogens with two attached hydrogens (primary N) is 1. The number of likely N-dealkylation sites (N-methyl/N-ethyl adjacent to an activating group) is 1. The average Bonchev–Trinajstić information content (AvgIpc) is 3.64. The van der Waals surface area contributed by atoms with Crippen LogP contribution in [-0.4, -0.2) is 82.3 Å². The van der Waals surface area contributed by atoms with Gasteiger partial charge in [0.15, 0.2) is 5.52 Å². The summed E-state index contributed by atoms with van der Waals surface area (Å²) in [4.78, 5) is 13.7. The van der Waals surface area contributed by atoms with Gasteiger partial charge in [-0.3, -0.25) is 9.62 Å². The van der Waals surface area contributed by atoms with Gasteiger partial charge in [0.25, 0.3) is 10.0 Å². The lowest BCUT2D eigenvalue weighted by atomic mass is 9.89. The van der Waals surface area contributed by atoms with Crippen LogP contribution in [0.2, 0.25) is 0 Å². The molecular weight excluding hydrogens is 585 g/mol. The number of benzene rings is 2. The standard InChI is InChI=1S/C30H34FN9O3S/c1-18-3-9-25-27(36-43-35-25)28(18)44(41,42)37-24-10-4-19(15-23(24)31)22-16-40(30-26(22)29(32)33-17-34-30)21-7-5-20(6-8-21)39-13-11-38(2)12-14-39/h3-4,9-10,15-17,20-21,37H,5-8,11-14H2,1-2H3,(H2,32,33,34). The number of anilines is 2. The van der Waals surface area contributed by atoms with E-state index in [2.05, 4.69) is 46.4 Å². The van der Waals surface area contributed by atoms with Crippen LogP contribution in [0.1, 0.15) is 37.3 Å². The van der Waals surface area contributed by atoms with Gasteiger partial charge in [-0.15, -0.1) is 0 Å². The van der Waals surface area contributed by atoms with Gasteiger partial charge >= 0.3 is 0 Å². The molecule has 2 aliphatic rings. The van der Waals surface area contributed by atoms with Crippen LogP contribution >= 0.6 is 0 Å². The maximum absolute atomic E-state index is 15.6. The number of hydrogen-bond acceptors (Lipinski definition) is 10. The van der Waals surface area contributed by atoms with E-state index in [9.17, 15) is 8.42 Å². The van der Waals surface area contributed by atoms with Gasteiger partial charge in [-0.1, -0.05) is 12.1 Å². The normalized spacial score (nSPS) is 20.4. The number of hydrogen-bond donors (Lipinski definition) is 2. The number of rotatable bonds is 6. The summed E-state index contributed by atoms with van der Waals surface area (Å²) >= 11 is 0. The molecule has 44 heavy (non-hydrogen) atoms. The number of aryl methyl sites for hydroxylation is 1. The largest absolute Gasteiger partial charge is 0.383 e. The Balaban J connectivity index is 1.17. The molecule has 0 amide bonds. The summed E-state index contributed by atoms with van der Waals surface area (Å²) in [5, 5.41) is 8.12. The molecule has 0 atom stereocenters. The van der Waals surface area contributed by atoms with E-state index in [0.29, 0.717) is 39.6 Å². The second-order valence-corrected chi connectivity index (χ2v) is 13.5. The number of nitrogens with one attached hydrogen (secondary N) is 1. The minimum Gasteiger partial charge on any atom is -0.383 e. The van der Waals surface area contributed by atoms with Crippen molar-refractivity contribution < 1.29 is 17.4 Å². The van der Waals surface area contributed by atoms with E-state index in [1.165, 1.54) is 18.5 Å². The summed E-state index contributed by atoms with van der Waals surface area (Å²) in [6.07, 6.45) is 7.66. The van der Waals surface area contributed by atoms with Crippen LogP contribution < -0.4 is 10.5 Å². The highest BCUT2D eigenvalue weighted by atomic mass is 32.2. The van der Waals surface area contributed by atoms with Gasteiger partial charge in [0.2, 0.25) is 0 Å². The van der Waals surface area contributed by atoms with E-state index in [4.69, 9.17) is 10.4 Å². The number of sulfonamides is 1. The van der Waals surface area contributed by atoms with E-state index < -0.39 is 15.8 Å². The van der Waals surface area contributed by atoms with Crippen LogP contribution in [0.5, 0.6) is 0 Å². The van der Waals surface area contributed by atoms with Crippen LogP contribution in [0.25, 0.3) is 33.2 Å². The zero-order chi connectivity index (χ0) is 30.6. The van der Waals surface area contributed by atoms with Crippen molar-refractivity contribution in [3.05, 3.63) is 54.2 Å². The van der Waals surface area contributed by atoms with Crippen LogP contribution in [0, 0.1) is 12.7 Å². The van der Waals surface area contributed by atoms with Gasteiger partial charge in [-0.05, 0) is 79.3 Å². The number of fused-ring (bicyclic) bond motifs is 2. The predicted octanol–water partition coefficient (Wildman–Crippen LogP) is 4.20. The first-order valence-corrected chi connectivity index (χ1v) is 16.3. The van der Waals surface area contributed by atoms with Gasteiger partial charge < -0.3 is 15.2 Å². The summed E-state index contributed by atoms with van der Waals surface area (Å²) in [6.45, 7) is 6.05. The topological polar surface area (TPSA) is 148 Å². The fourth-order valence-corrected chi connectivity index (χ4v) is 8.17. The van der Waals surface area contributed by atoms with Crippen molar-refractivity contribution >= 4 is 43.6 Å². The minimum atomic E-state index is -4.21. The van der Waals surface area contributed by atoms with E-state index in [0.717, 1.165) is 51.9 Å². The highest BCUT2D eigenvalue weighted by Crippen LogP contribution is 2.40. The molecule has 0 radical (unpaired) electrons. The highest BCUT2D eigenvalue weighted by molar-refractivity contribution is 7.93. The fraction of sp³-hybridized carbons (Fsp3) is 0.400. The second kappa shape index (κ2) is 11.1. The summed E-state index contributed by atoms with van der Waals surface area (Å²) < 4.78 is 51.5. The van der Waals surface area contributed by atoms with Crippen LogP contribution in [0.3, 0.4) is 0 Å². The smallest absolute Gasteiger partial charge is 0.264 e. The first-order valence-electron chi connectivity index (χ1n) is 14.8. The molecule has 1 aliphatic carbocycles. The molecule has 230 valence electrons. The van der Waals surface area contributed by atoms with Gasteiger partial charge in [0.1, 0.15) is 34.0 Å². The van der Waals surface area contributed by atoms with Crippen molar-refractivity contribution in [2.45, 2.75) is 49.6 Å². The van der Waals surface area contributed by atoms with Crippen molar-refractivity contribution in [1.82, 2.24) is 34.6 Å². The maximum Gasteiger partial charge on any atom is 0.264 e. The monoisotopic (exact) mass is 619 g/mol. The zero-order valence-electron chi connectivity index (χ0n) is 24.6. The Morgan fingerprint density at radius 1 is 1.00 bits per heavy atom. The molecule has 1 saturated carbocycles. The SMILES string of the molecule is Cc1ccc2nonc2c1S(=O)(=O)Nc1ccc(-c2cn(C3CCC(N4CCN(C)CC4)CC3)c3ncnc(N)c23)cc1F. The first-order chi connectivity index (χ1) is 21.2. The summed E-state index contributed by atoms with van der Waals surface area (Å²) in [6, 6.07) is 8.41. The molecule has 2 fully saturated rings. The van der Waals surface area contributed by atoms with Crippen molar-refractivity contribution in [3.63, 3.8) is 0 Å². The minimum absolute atomic E-state index is 0.0791. The van der Waals surface area contributed by atoms with Crippen molar-refractivity contribution in [2.75, 3.05) is 43.7 Å². The number of halogens is 1. The Hall–Kier alpha value is -4.14. The number of aromatic nitrogens is 5. The van der Waals surface area contributed by atoms with E-state index in [-0.39, 0.29) is 27.7 Å². The lowest BCUT2D eigenvalue weighted by Crippen LogP contribution is -2.49. The molecule has 3 N–H and O–H groups in total. The van der Waals surface area contributed by atoms with Crippen LogP contribution in [0.4, 0.5) is 15.9 Å². The highest BCUT2D eigenvalue weighted by Gasteiger charge is 2.30. The molecule has 0 bridgehead atoms. The molecule has 1 aliphatic heterocycles. The van der Waals surface area contributed by atoms with E-state index >= 15 is 4.39 Å². The molecule has 3 aromatic heterocycles. The summed E-state index contributed by atoms with van der Waals surface area (Å²) in [5.41, 5.74) is 8.91. The van der Waals surface area contributed by atoms with Gasteiger partial charge in [0, 0.05) is 50.0 Å². The van der Waals surface area contributed by atoms with Crippen molar-refractivity contribution in [3.8, 4) is 11.1 Å². The van der Waals surface area contributed by atoms with Crippen molar-refractivity contribution in [1.29, 1.82) is 0 Å². The third-order valence-corrected chi connectivity index (χ3v) is 10.7. The van der Waals surface area contributed by atoms with Gasteiger partial charge in [-0.25, -0.2) is 27.4 Å². The molecular formula is C30H34FN9O3S. The summed E-state index contributed by atoms with van der Waals surface area (Å²) in [7, 11) is -2.04. The summed E-state index contributed by atoms with van der Waals surface area (Å²) in [5.74, 6) is -0.428. The third kappa shape index (κ3) is 5.06. The second-order valence-electron chi connectivity index (χ2n) is 11.9. The maximum atomic E-state index is 15.6. The molecule has 2 aromatic carbocycles. The van der Waals surface area contributed by atoms with Crippen molar-refractivity contribution in [2.24, 2.45) is 0 Å². The average molecular weight is 620 g/mol. The third-order valence-electron chi connectivity index (χ3n) is 9.12. The zero-order valence-corrected chi connectivity index (χ0v) is 25.4. The van der Waals surface area contributed by atoms with E-state index in [1.807, 2.05) is 6.20 Å². The lowest BCUT2D eigenvalue weighted by Gasteiger charge is -2.41. The fourth-order valence-electron chi connectivity index (χ4n) is 6.72. The molecule has 14 heteroatoms. The Morgan fingerprint density at radius 3 is 2.50 bits per heavy atom. The quantitative estimate of drug-likeness (QED) is 0.283. The van der Waals surface area contributed by atoms with Gasteiger partial charge in [0.05, 0.1) is 11.1 Å². The van der Waals surface area contributed by atoms with Crippen LogP contribution in [-0.2, 0) is 10.0 Å². The Bertz CT molecular complexity index is 1960. The number of piperazine rings is 1. The number of nitrogen functional groups attached to an aromatic ring is 1. The molecule has 4 heterocycles. The Morgan fingerprint density at radius 2 is 1.75 bits per heavy atom. The molecule has 5 aromatic rings. The van der Waals surface area contributed by atoms with E-state index in [1.54, 1.807) is 25.1 Å². The first kappa shape index (κ1) is 28.6. The predicted molar refractivity (Wildman–Crippen MR) is 165 cm³/mol. The van der Waals surface area contributed by atoms with Gasteiger partial charge in [-0.2, -0.15) is 0 Å². The number of nitrogens with zero attached hydrogens (tertiary/aromatic N) is 7. The molecule has 0 unspecified atom stereocenters. The molecule has 1 saturated heterocycles. The molecule has 12 nitrogen and oxygen atoms in total.